The van der Waals surface area contributed by atoms with Crippen molar-refractivity contribution in [1.82, 2.24) is 0 Å². The first kappa shape index (κ1) is 21.4. The predicted molar refractivity (Wildman–Crippen MR) is 133 cm³/mol. The SMILES string of the molecule is CCOc1cc(/C=C2\SC(=S)N(c3cccc4ccccc34)C2=O)ccc1OC(C)C. The van der Waals surface area contributed by atoms with E-state index in [1.54, 1.807) is 4.90 Å². The van der Waals surface area contributed by atoms with Crippen molar-refractivity contribution in [1.29, 1.82) is 0 Å². The highest BCUT2D eigenvalue weighted by Crippen LogP contribution is 2.39. The van der Waals surface area contributed by atoms with Crippen molar-refractivity contribution in [2.24, 2.45) is 0 Å². The lowest BCUT2D eigenvalue weighted by molar-refractivity contribution is -0.113. The summed E-state index contributed by atoms with van der Waals surface area (Å²) in [7, 11) is 0. The topological polar surface area (TPSA) is 38.8 Å². The van der Waals surface area contributed by atoms with Gasteiger partial charge in [0.1, 0.15) is 0 Å². The zero-order valence-electron chi connectivity index (χ0n) is 17.6. The van der Waals surface area contributed by atoms with Crippen molar-refractivity contribution in [2.45, 2.75) is 26.9 Å². The molecule has 0 spiro atoms. The molecule has 1 amide bonds. The molecule has 1 saturated heterocycles. The minimum atomic E-state index is -0.119. The highest BCUT2D eigenvalue weighted by Gasteiger charge is 2.34. The number of anilines is 1. The van der Waals surface area contributed by atoms with Gasteiger partial charge in [-0.05, 0) is 56.0 Å². The van der Waals surface area contributed by atoms with E-state index in [4.69, 9.17) is 21.7 Å². The Hall–Kier alpha value is -2.83. The Labute approximate surface area is 191 Å². The van der Waals surface area contributed by atoms with E-state index in [2.05, 4.69) is 0 Å². The molecule has 0 aromatic heterocycles. The largest absolute Gasteiger partial charge is 0.490 e. The Morgan fingerprint density at radius 3 is 2.61 bits per heavy atom. The molecule has 31 heavy (non-hydrogen) atoms. The molecule has 3 aromatic carbocycles. The fourth-order valence-electron chi connectivity index (χ4n) is 3.46. The fourth-order valence-corrected chi connectivity index (χ4v) is 4.75. The van der Waals surface area contributed by atoms with Crippen LogP contribution in [0.5, 0.6) is 11.5 Å². The van der Waals surface area contributed by atoms with Gasteiger partial charge in [-0.25, -0.2) is 0 Å². The molecule has 158 valence electrons. The number of rotatable bonds is 6. The fraction of sp³-hybridized carbons (Fsp3) is 0.200. The second-order valence-corrected chi connectivity index (χ2v) is 9.00. The third-order valence-corrected chi connectivity index (χ3v) is 6.03. The molecule has 0 unspecified atom stereocenters. The molecular formula is C25H23NO3S2. The molecule has 1 aliphatic heterocycles. The van der Waals surface area contributed by atoms with Crippen LogP contribution in [0.2, 0.25) is 0 Å². The Morgan fingerprint density at radius 1 is 1.06 bits per heavy atom. The maximum atomic E-state index is 13.3. The number of amides is 1. The number of hydrogen-bond donors (Lipinski definition) is 0. The van der Waals surface area contributed by atoms with Crippen LogP contribution in [0.1, 0.15) is 26.3 Å². The average molecular weight is 450 g/mol. The second-order valence-electron chi connectivity index (χ2n) is 7.32. The van der Waals surface area contributed by atoms with E-state index in [0.717, 1.165) is 22.0 Å². The van der Waals surface area contributed by atoms with Gasteiger partial charge in [-0.15, -0.1) is 0 Å². The predicted octanol–water partition coefficient (Wildman–Crippen LogP) is 6.43. The van der Waals surface area contributed by atoms with Crippen LogP contribution in [0, 0.1) is 0 Å². The van der Waals surface area contributed by atoms with Crippen molar-refractivity contribution < 1.29 is 14.3 Å². The van der Waals surface area contributed by atoms with Crippen LogP contribution in [0.25, 0.3) is 16.8 Å². The molecule has 1 fully saturated rings. The summed E-state index contributed by atoms with van der Waals surface area (Å²) in [5.74, 6) is 1.23. The van der Waals surface area contributed by atoms with Crippen LogP contribution in [0.3, 0.4) is 0 Å². The van der Waals surface area contributed by atoms with Crippen LogP contribution in [-0.2, 0) is 4.79 Å². The third kappa shape index (κ3) is 4.45. The summed E-state index contributed by atoms with van der Waals surface area (Å²) in [6, 6.07) is 19.6. The van der Waals surface area contributed by atoms with Gasteiger partial charge in [0.15, 0.2) is 15.8 Å². The minimum absolute atomic E-state index is 0.0435. The first-order valence-electron chi connectivity index (χ1n) is 10.2. The summed E-state index contributed by atoms with van der Waals surface area (Å²) in [5, 5.41) is 2.07. The van der Waals surface area contributed by atoms with Crippen molar-refractivity contribution in [3.05, 3.63) is 71.1 Å². The Morgan fingerprint density at radius 2 is 1.84 bits per heavy atom. The molecule has 4 rings (SSSR count). The molecule has 0 radical (unpaired) electrons. The molecule has 0 aliphatic carbocycles. The average Bonchev–Trinajstić information content (AvgIpc) is 3.02. The summed E-state index contributed by atoms with van der Waals surface area (Å²) < 4.78 is 12.1. The van der Waals surface area contributed by atoms with Gasteiger partial charge in [0.05, 0.1) is 23.3 Å². The number of ether oxygens (including phenoxy) is 2. The first-order chi connectivity index (χ1) is 15.0. The number of carbonyl (C=O) groups excluding carboxylic acids is 1. The Balaban J connectivity index is 1.68. The van der Waals surface area contributed by atoms with Crippen molar-refractivity contribution in [3.8, 4) is 11.5 Å². The second kappa shape index (κ2) is 9.12. The van der Waals surface area contributed by atoms with Crippen LogP contribution in [-0.4, -0.2) is 22.9 Å². The number of benzene rings is 3. The normalized spacial score (nSPS) is 15.4. The molecule has 3 aromatic rings. The summed E-state index contributed by atoms with van der Waals surface area (Å²) in [5.41, 5.74) is 1.66. The maximum Gasteiger partial charge on any atom is 0.270 e. The van der Waals surface area contributed by atoms with Gasteiger partial charge in [0, 0.05) is 5.39 Å². The quantitative estimate of drug-likeness (QED) is 0.320. The van der Waals surface area contributed by atoms with E-state index < -0.39 is 0 Å². The van der Waals surface area contributed by atoms with E-state index in [-0.39, 0.29) is 12.0 Å². The molecule has 0 atom stereocenters. The summed E-state index contributed by atoms with van der Waals surface area (Å²) in [4.78, 5) is 15.5. The summed E-state index contributed by atoms with van der Waals surface area (Å²) >= 11 is 6.88. The van der Waals surface area contributed by atoms with Gasteiger partial charge in [-0.1, -0.05) is 66.4 Å². The van der Waals surface area contributed by atoms with E-state index in [9.17, 15) is 4.79 Å². The molecule has 0 N–H and O–H groups in total. The lowest BCUT2D eigenvalue weighted by atomic mass is 10.1. The summed E-state index contributed by atoms with van der Waals surface area (Å²) in [6.07, 6.45) is 1.90. The highest BCUT2D eigenvalue weighted by atomic mass is 32.2. The van der Waals surface area contributed by atoms with Crippen LogP contribution in [0.15, 0.2) is 65.6 Å². The van der Waals surface area contributed by atoms with E-state index >= 15 is 0 Å². The maximum absolute atomic E-state index is 13.3. The molecule has 0 saturated carbocycles. The first-order valence-corrected chi connectivity index (χ1v) is 11.4. The zero-order valence-corrected chi connectivity index (χ0v) is 19.3. The van der Waals surface area contributed by atoms with Crippen LogP contribution in [0.4, 0.5) is 5.69 Å². The number of fused-ring (bicyclic) bond motifs is 1. The third-order valence-electron chi connectivity index (χ3n) is 4.73. The van der Waals surface area contributed by atoms with Gasteiger partial charge >= 0.3 is 0 Å². The Kier molecular flexibility index (Phi) is 6.30. The molecular weight excluding hydrogens is 426 g/mol. The number of carbonyl (C=O) groups is 1. The number of nitrogens with zero attached hydrogens (tertiary/aromatic N) is 1. The minimum Gasteiger partial charge on any atom is -0.490 e. The smallest absolute Gasteiger partial charge is 0.270 e. The lowest BCUT2D eigenvalue weighted by Crippen LogP contribution is -2.27. The molecule has 1 heterocycles. The standard InChI is InChI=1S/C25H23NO3S2/c1-4-28-22-14-17(12-13-21(22)29-16(2)3)15-23-24(27)26(25(30)31-23)20-11-7-9-18-8-5-6-10-19(18)20/h5-16H,4H2,1-3H3/b23-15-. The van der Waals surface area contributed by atoms with Crippen molar-refractivity contribution >= 4 is 56.7 Å². The van der Waals surface area contributed by atoms with Crippen molar-refractivity contribution in [2.75, 3.05) is 11.5 Å². The monoisotopic (exact) mass is 449 g/mol. The Bertz CT molecular complexity index is 1180. The zero-order chi connectivity index (χ0) is 22.0. The van der Waals surface area contributed by atoms with Gasteiger partial charge in [-0.2, -0.15) is 0 Å². The molecule has 0 bridgehead atoms. The van der Waals surface area contributed by atoms with Gasteiger partial charge in [-0.3, -0.25) is 9.69 Å². The highest BCUT2D eigenvalue weighted by molar-refractivity contribution is 8.27. The summed E-state index contributed by atoms with van der Waals surface area (Å²) in [6.45, 7) is 6.41. The van der Waals surface area contributed by atoms with E-state index in [1.165, 1.54) is 11.8 Å². The van der Waals surface area contributed by atoms with E-state index in [0.29, 0.717) is 27.3 Å². The van der Waals surface area contributed by atoms with Crippen molar-refractivity contribution in [3.63, 3.8) is 0 Å². The van der Waals surface area contributed by atoms with Crippen LogP contribution >= 0.6 is 24.0 Å². The number of hydrogen-bond acceptors (Lipinski definition) is 5. The lowest BCUT2D eigenvalue weighted by Gasteiger charge is -2.17. The van der Waals surface area contributed by atoms with Gasteiger partial charge in [0.25, 0.3) is 5.91 Å². The molecule has 6 heteroatoms. The number of thioether (sulfide) groups is 1. The molecule has 1 aliphatic rings. The van der Waals surface area contributed by atoms with Crippen LogP contribution < -0.4 is 14.4 Å². The number of thiocarbonyl (C=S) groups is 1. The van der Waals surface area contributed by atoms with Gasteiger partial charge < -0.3 is 9.47 Å². The molecule has 4 nitrogen and oxygen atoms in total. The van der Waals surface area contributed by atoms with E-state index in [1.807, 2.05) is 87.5 Å². The van der Waals surface area contributed by atoms with Gasteiger partial charge in [0.2, 0.25) is 0 Å².